The van der Waals surface area contributed by atoms with E-state index in [0.717, 1.165) is 31.2 Å². The lowest BCUT2D eigenvalue weighted by Gasteiger charge is -2.28. The fourth-order valence-electron chi connectivity index (χ4n) is 4.82. The monoisotopic (exact) mass is 538 g/mol. The van der Waals surface area contributed by atoms with Gasteiger partial charge in [-0.15, -0.1) is 0 Å². The molecule has 2 aromatic rings. The van der Waals surface area contributed by atoms with E-state index in [2.05, 4.69) is 5.32 Å². The number of nitrogens with one attached hydrogen (secondary N) is 1. The molecule has 37 heavy (non-hydrogen) atoms. The van der Waals surface area contributed by atoms with Crippen LogP contribution >= 0.6 is 0 Å². The standard InChI is InChI=1S/C26H29F3N2O5S/c1-15-11-21(31(14-15)25(33)17-5-4-6-19(12-17)37(3,34)35)24(32)30-23(16-7-8-16)20-10-9-18(26(27,28)29)13-22(20)36-2/h4-6,9-10,12-13,15-16,21,23H,7-8,11,14H2,1-3H3,(H,30,32)/t15-,21-,23-/m1/s1. The minimum Gasteiger partial charge on any atom is -0.496 e. The fraction of sp³-hybridized carbons (Fsp3) is 0.462. The largest absolute Gasteiger partial charge is 0.496 e. The van der Waals surface area contributed by atoms with Crippen molar-refractivity contribution in [2.24, 2.45) is 11.8 Å². The molecule has 1 aliphatic carbocycles. The fourth-order valence-corrected chi connectivity index (χ4v) is 5.48. The van der Waals surface area contributed by atoms with Gasteiger partial charge < -0.3 is 15.0 Å². The zero-order chi connectivity index (χ0) is 27.1. The lowest BCUT2D eigenvalue weighted by atomic mass is 9.98. The first-order valence-corrected chi connectivity index (χ1v) is 13.9. The Balaban J connectivity index is 1.59. The van der Waals surface area contributed by atoms with E-state index in [1.807, 2.05) is 6.92 Å². The second-order valence-corrected chi connectivity index (χ2v) is 11.9. The van der Waals surface area contributed by atoms with Crippen LogP contribution in [-0.4, -0.2) is 51.1 Å². The number of nitrogens with zero attached hydrogens (tertiary/aromatic N) is 1. The van der Waals surface area contributed by atoms with Crippen LogP contribution in [0.2, 0.25) is 0 Å². The van der Waals surface area contributed by atoms with Crippen molar-refractivity contribution in [1.82, 2.24) is 10.2 Å². The van der Waals surface area contributed by atoms with Gasteiger partial charge in [0.1, 0.15) is 11.8 Å². The van der Waals surface area contributed by atoms with Gasteiger partial charge in [0.2, 0.25) is 5.91 Å². The summed E-state index contributed by atoms with van der Waals surface area (Å²) in [5.74, 6) is -0.750. The van der Waals surface area contributed by atoms with Crippen molar-refractivity contribution < 1.29 is 35.9 Å². The van der Waals surface area contributed by atoms with E-state index in [1.54, 1.807) is 0 Å². The van der Waals surface area contributed by atoms with Gasteiger partial charge >= 0.3 is 6.18 Å². The van der Waals surface area contributed by atoms with Crippen molar-refractivity contribution in [2.45, 2.75) is 49.3 Å². The topological polar surface area (TPSA) is 92.8 Å². The molecule has 3 atom stereocenters. The van der Waals surface area contributed by atoms with E-state index in [4.69, 9.17) is 4.74 Å². The number of hydrogen-bond acceptors (Lipinski definition) is 5. The van der Waals surface area contributed by atoms with Crippen molar-refractivity contribution in [3.8, 4) is 5.75 Å². The van der Waals surface area contributed by atoms with Crippen LogP contribution < -0.4 is 10.1 Å². The third kappa shape index (κ3) is 5.92. The number of halogens is 3. The van der Waals surface area contributed by atoms with Crippen LogP contribution in [0.3, 0.4) is 0 Å². The third-order valence-electron chi connectivity index (χ3n) is 6.87. The third-order valence-corrected chi connectivity index (χ3v) is 7.98. The molecule has 1 N–H and O–H groups in total. The smallest absolute Gasteiger partial charge is 0.416 e. The number of carbonyl (C=O) groups excluding carboxylic acids is 2. The molecule has 200 valence electrons. The molecule has 0 unspecified atom stereocenters. The van der Waals surface area contributed by atoms with Gasteiger partial charge in [0, 0.05) is 23.9 Å². The predicted molar refractivity (Wildman–Crippen MR) is 130 cm³/mol. The first-order valence-electron chi connectivity index (χ1n) is 12.0. The second kappa shape index (κ2) is 10.00. The van der Waals surface area contributed by atoms with E-state index in [1.165, 1.54) is 42.3 Å². The highest BCUT2D eigenvalue weighted by molar-refractivity contribution is 7.90. The normalized spacial score (nSPS) is 21.0. The minimum absolute atomic E-state index is 0.00907. The first kappa shape index (κ1) is 27.0. The maximum atomic E-state index is 13.5. The van der Waals surface area contributed by atoms with Crippen molar-refractivity contribution >= 4 is 21.7 Å². The molecule has 0 aromatic heterocycles. The number of benzene rings is 2. The van der Waals surface area contributed by atoms with Gasteiger partial charge in [0.25, 0.3) is 5.91 Å². The highest BCUT2D eigenvalue weighted by Crippen LogP contribution is 2.45. The lowest BCUT2D eigenvalue weighted by molar-refractivity contribution is -0.137. The molecule has 2 aliphatic rings. The number of likely N-dealkylation sites (tertiary alicyclic amines) is 1. The Morgan fingerprint density at radius 3 is 2.43 bits per heavy atom. The molecule has 7 nitrogen and oxygen atoms in total. The Bertz CT molecular complexity index is 1310. The zero-order valence-corrected chi connectivity index (χ0v) is 21.5. The van der Waals surface area contributed by atoms with Crippen LogP contribution in [0.15, 0.2) is 47.4 Å². The molecule has 1 heterocycles. The Hall–Kier alpha value is -3.08. The predicted octanol–water partition coefficient (Wildman–Crippen LogP) is 4.24. The van der Waals surface area contributed by atoms with Crippen molar-refractivity contribution in [2.75, 3.05) is 19.9 Å². The maximum absolute atomic E-state index is 13.5. The van der Waals surface area contributed by atoms with Gasteiger partial charge in [0.15, 0.2) is 9.84 Å². The Labute approximate surface area is 213 Å². The number of hydrogen-bond donors (Lipinski definition) is 1. The summed E-state index contributed by atoms with van der Waals surface area (Å²) in [6.45, 7) is 2.23. The Morgan fingerprint density at radius 2 is 1.84 bits per heavy atom. The summed E-state index contributed by atoms with van der Waals surface area (Å²) < 4.78 is 68.8. The molecule has 2 fully saturated rings. The van der Waals surface area contributed by atoms with E-state index in [9.17, 15) is 31.2 Å². The molecule has 1 saturated heterocycles. The van der Waals surface area contributed by atoms with Crippen molar-refractivity contribution in [3.63, 3.8) is 0 Å². The van der Waals surface area contributed by atoms with Crippen LogP contribution in [-0.2, 0) is 20.8 Å². The molecule has 0 radical (unpaired) electrons. The van der Waals surface area contributed by atoms with Gasteiger partial charge in [-0.2, -0.15) is 13.2 Å². The maximum Gasteiger partial charge on any atom is 0.416 e. The quantitative estimate of drug-likeness (QED) is 0.570. The highest BCUT2D eigenvalue weighted by atomic mass is 32.2. The van der Waals surface area contributed by atoms with Crippen molar-refractivity contribution in [3.05, 3.63) is 59.2 Å². The minimum atomic E-state index is -4.53. The number of rotatable bonds is 7. The average Bonchev–Trinajstić information content (AvgIpc) is 3.61. The summed E-state index contributed by atoms with van der Waals surface area (Å²) in [4.78, 5) is 28.3. The number of sulfone groups is 1. The van der Waals surface area contributed by atoms with Crippen molar-refractivity contribution in [1.29, 1.82) is 0 Å². The lowest BCUT2D eigenvalue weighted by Crippen LogP contribution is -2.47. The van der Waals surface area contributed by atoms with Gasteiger partial charge in [-0.3, -0.25) is 9.59 Å². The summed E-state index contributed by atoms with van der Waals surface area (Å²) in [6.07, 6.45) is -1.46. The highest BCUT2D eigenvalue weighted by Gasteiger charge is 2.42. The van der Waals surface area contributed by atoms with Crippen LogP contribution in [0.4, 0.5) is 13.2 Å². The summed E-state index contributed by atoms with van der Waals surface area (Å²) in [5.41, 5.74) is -0.221. The van der Waals surface area contributed by atoms with Crippen LogP contribution in [0, 0.1) is 11.8 Å². The molecule has 1 aliphatic heterocycles. The molecule has 2 aromatic carbocycles. The van der Waals surface area contributed by atoms with Gasteiger partial charge in [-0.05, 0) is 61.4 Å². The van der Waals surface area contributed by atoms with E-state index in [-0.39, 0.29) is 28.0 Å². The molecular weight excluding hydrogens is 509 g/mol. The molecule has 1 saturated carbocycles. The van der Waals surface area contributed by atoms with Crippen LogP contribution in [0.25, 0.3) is 0 Å². The van der Waals surface area contributed by atoms with Crippen LogP contribution in [0.1, 0.15) is 53.7 Å². The molecule has 0 spiro atoms. The van der Waals surface area contributed by atoms with E-state index < -0.39 is 45.5 Å². The number of carbonyl (C=O) groups is 2. The molecular formula is C26H29F3N2O5S. The summed E-state index contributed by atoms with van der Waals surface area (Å²) in [5, 5.41) is 2.97. The first-order chi connectivity index (χ1) is 17.3. The molecule has 0 bridgehead atoms. The number of amides is 2. The molecule has 11 heteroatoms. The Kier molecular flexibility index (Phi) is 7.29. The SMILES string of the molecule is COc1cc(C(F)(F)F)ccc1[C@H](NC(=O)[C@H]1C[C@@H](C)CN1C(=O)c1cccc(S(C)(=O)=O)c1)C1CC1. The summed E-state index contributed by atoms with van der Waals surface area (Å²) in [6, 6.07) is 7.57. The van der Waals surface area contributed by atoms with Gasteiger partial charge in [0.05, 0.1) is 23.6 Å². The summed E-state index contributed by atoms with van der Waals surface area (Å²) in [7, 11) is -2.24. The number of ether oxygens (including phenoxy) is 1. The van der Waals surface area contributed by atoms with Crippen LogP contribution in [0.5, 0.6) is 5.75 Å². The van der Waals surface area contributed by atoms with Gasteiger partial charge in [-0.1, -0.05) is 19.1 Å². The Morgan fingerprint density at radius 1 is 1.14 bits per heavy atom. The second-order valence-electron chi connectivity index (χ2n) is 9.89. The van der Waals surface area contributed by atoms with E-state index in [0.29, 0.717) is 18.5 Å². The zero-order valence-electron chi connectivity index (χ0n) is 20.7. The number of alkyl halides is 3. The van der Waals surface area contributed by atoms with E-state index >= 15 is 0 Å². The van der Waals surface area contributed by atoms with Gasteiger partial charge in [-0.25, -0.2) is 8.42 Å². The molecule has 2 amide bonds. The molecule has 4 rings (SSSR count). The summed E-state index contributed by atoms with van der Waals surface area (Å²) >= 11 is 0. The number of methoxy groups -OCH3 is 1. The average molecular weight is 539 g/mol.